The van der Waals surface area contributed by atoms with Crippen LogP contribution in [0.1, 0.15) is 40.0 Å². The molecule has 0 bridgehead atoms. The van der Waals surface area contributed by atoms with Crippen LogP contribution in [0.3, 0.4) is 0 Å². The van der Waals surface area contributed by atoms with Crippen LogP contribution in [0.25, 0.3) is 16.7 Å². The van der Waals surface area contributed by atoms with Gasteiger partial charge in [0.15, 0.2) is 11.5 Å². The predicted molar refractivity (Wildman–Crippen MR) is 102 cm³/mol. The molecule has 1 aliphatic rings. The Labute approximate surface area is 172 Å². The lowest BCUT2D eigenvalue weighted by Gasteiger charge is -2.14. The summed E-state index contributed by atoms with van der Waals surface area (Å²) in [5.74, 6) is -0.931. The number of aryl methyl sites for hydroxylation is 1. The van der Waals surface area contributed by atoms with Gasteiger partial charge in [0.25, 0.3) is 5.91 Å². The molecule has 1 N–H and O–H groups in total. The number of carbonyl (C=O) groups is 1. The Morgan fingerprint density at radius 2 is 2.00 bits per heavy atom. The fourth-order valence-electron chi connectivity index (χ4n) is 3.94. The molecular weight excluding hydrogens is 416 g/mol. The standard InChI is InChI=1S/C20H16F4N6O/c1-10-6-16(20(22,23)24)30-17(25-10)8-14(28-30)11-4-5-29(9-11)19(31)18-26-13-3-2-12(21)7-15(13)27-18/h2-3,6-8,11H,4-5,9H2,1H3,(H,26,27). The third kappa shape index (κ3) is 3.39. The number of halogens is 4. The molecule has 31 heavy (non-hydrogen) atoms. The summed E-state index contributed by atoms with van der Waals surface area (Å²) in [6.07, 6.45) is -4.02. The summed E-state index contributed by atoms with van der Waals surface area (Å²) in [6, 6.07) is 6.49. The Morgan fingerprint density at radius 1 is 1.19 bits per heavy atom. The van der Waals surface area contributed by atoms with Gasteiger partial charge < -0.3 is 9.88 Å². The van der Waals surface area contributed by atoms with Crippen LogP contribution < -0.4 is 0 Å². The molecule has 1 fully saturated rings. The van der Waals surface area contributed by atoms with E-state index in [1.165, 1.54) is 31.2 Å². The van der Waals surface area contributed by atoms with Crippen LogP contribution in [-0.2, 0) is 6.18 Å². The Balaban J connectivity index is 1.41. The summed E-state index contributed by atoms with van der Waals surface area (Å²) >= 11 is 0. The van der Waals surface area contributed by atoms with E-state index in [0.29, 0.717) is 29.7 Å². The summed E-state index contributed by atoms with van der Waals surface area (Å²) in [4.78, 5) is 25.6. The summed E-state index contributed by atoms with van der Waals surface area (Å²) in [7, 11) is 0. The van der Waals surface area contributed by atoms with Gasteiger partial charge in [0.2, 0.25) is 0 Å². The molecule has 4 aromatic rings. The van der Waals surface area contributed by atoms with Gasteiger partial charge in [-0.2, -0.15) is 18.3 Å². The third-order valence-electron chi connectivity index (χ3n) is 5.40. The number of likely N-dealkylation sites (tertiary alicyclic amines) is 1. The van der Waals surface area contributed by atoms with Crippen molar-refractivity contribution in [1.82, 2.24) is 29.5 Å². The van der Waals surface area contributed by atoms with Gasteiger partial charge in [-0.1, -0.05) is 0 Å². The molecule has 5 rings (SSSR count). The van der Waals surface area contributed by atoms with Gasteiger partial charge in [0.1, 0.15) is 11.5 Å². The fraction of sp³-hybridized carbons (Fsp3) is 0.300. The van der Waals surface area contributed by atoms with Crippen molar-refractivity contribution in [2.75, 3.05) is 13.1 Å². The first-order valence-electron chi connectivity index (χ1n) is 9.58. The first-order chi connectivity index (χ1) is 14.7. The van der Waals surface area contributed by atoms with Crippen molar-refractivity contribution in [1.29, 1.82) is 0 Å². The lowest BCUT2D eigenvalue weighted by molar-refractivity contribution is -0.142. The van der Waals surface area contributed by atoms with Gasteiger partial charge in [-0.3, -0.25) is 4.79 Å². The van der Waals surface area contributed by atoms with E-state index in [4.69, 9.17) is 0 Å². The Hall–Kier alpha value is -3.50. The molecule has 1 atom stereocenters. The highest BCUT2D eigenvalue weighted by Gasteiger charge is 2.36. The lowest BCUT2D eigenvalue weighted by Crippen LogP contribution is -2.29. The number of carbonyl (C=O) groups excluding carboxylic acids is 1. The zero-order chi connectivity index (χ0) is 21.9. The van der Waals surface area contributed by atoms with Crippen molar-refractivity contribution >= 4 is 22.6 Å². The minimum absolute atomic E-state index is 0.0906. The van der Waals surface area contributed by atoms with Crippen LogP contribution in [0.4, 0.5) is 17.6 Å². The lowest BCUT2D eigenvalue weighted by atomic mass is 10.1. The SMILES string of the molecule is Cc1cc(C(F)(F)F)n2nc(C3CCN(C(=O)c4nc5ccc(F)cc5[nH]4)C3)cc2n1. The topological polar surface area (TPSA) is 79.2 Å². The fourth-order valence-corrected chi connectivity index (χ4v) is 3.94. The maximum atomic E-state index is 13.4. The second-order valence-electron chi connectivity index (χ2n) is 7.60. The second-order valence-corrected chi connectivity index (χ2v) is 7.60. The van der Waals surface area contributed by atoms with E-state index in [1.807, 2.05) is 0 Å². The molecule has 0 saturated carbocycles. The van der Waals surface area contributed by atoms with Crippen LogP contribution in [0, 0.1) is 12.7 Å². The minimum Gasteiger partial charge on any atom is -0.335 e. The smallest absolute Gasteiger partial charge is 0.335 e. The molecule has 1 saturated heterocycles. The average molecular weight is 432 g/mol. The number of hydrogen-bond acceptors (Lipinski definition) is 4. The van der Waals surface area contributed by atoms with Crippen molar-refractivity contribution < 1.29 is 22.4 Å². The molecule has 11 heteroatoms. The predicted octanol–water partition coefficient (Wildman–Crippen LogP) is 3.70. The highest BCUT2D eigenvalue weighted by atomic mass is 19.4. The molecule has 0 radical (unpaired) electrons. The number of benzene rings is 1. The molecular formula is C20H16F4N6O. The molecule has 1 aliphatic heterocycles. The van der Waals surface area contributed by atoms with Gasteiger partial charge in [-0.05, 0) is 37.6 Å². The number of alkyl halides is 3. The number of fused-ring (bicyclic) bond motifs is 2. The minimum atomic E-state index is -4.56. The largest absolute Gasteiger partial charge is 0.433 e. The van der Waals surface area contributed by atoms with Crippen molar-refractivity contribution in [2.24, 2.45) is 0 Å². The quantitative estimate of drug-likeness (QED) is 0.490. The number of nitrogens with zero attached hydrogens (tertiary/aromatic N) is 5. The molecule has 7 nitrogen and oxygen atoms in total. The van der Waals surface area contributed by atoms with Crippen LogP contribution in [0.15, 0.2) is 30.3 Å². The third-order valence-corrected chi connectivity index (χ3v) is 5.40. The van der Waals surface area contributed by atoms with Crippen molar-refractivity contribution in [2.45, 2.75) is 25.4 Å². The number of H-pyrrole nitrogens is 1. The number of nitrogens with one attached hydrogen (secondary N) is 1. The molecule has 0 spiro atoms. The number of rotatable bonds is 2. The molecule has 160 valence electrons. The van der Waals surface area contributed by atoms with E-state index in [9.17, 15) is 22.4 Å². The van der Waals surface area contributed by atoms with Crippen LogP contribution >= 0.6 is 0 Å². The molecule has 1 unspecified atom stereocenters. The van der Waals surface area contributed by atoms with Crippen LogP contribution in [0.5, 0.6) is 0 Å². The molecule has 1 aromatic carbocycles. The second kappa shape index (κ2) is 6.76. The van der Waals surface area contributed by atoms with E-state index in [-0.39, 0.29) is 35.5 Å². The van der Waals surface area contributed by atoms with Gasteiger partial charge in [0, 0.05) is 30.8 Å². The van der Waals surface area contributed by atoms with Crippen molar-refractivity contribution in [3.63, 3.8) is 0 Å². The van der Waals surface area contributed by atoms with Gasteiger partial charge in [-0.15, -0.1) is 0 Å². The number of aromatic amines is 1. The van der Waals surface area contributed by atoms with E-state index in [1.54, 1.807) is 4.90 Å². The average Bonchev–Trinajstić information content (AvgIpc) is 3.42. The van der Waals surface area contributed by atoms with E-state index >= 15 is 0 Å². The molecule has 3 aromatic heterocycles. The summed E-state index contributed by atoms with van der Waals surface area (Å²) in [5, 5.41) is 4.14. The Bertz CT molecular complexity index is 1320. The van der Waals surface area contributed by atoms with Gasteiger partial charge in [0.05, 0.1) is 16.7 Å². The van der Waals surface area contributed by atoms with Crippen molar-refractivity contribution in [3.05, 3.63) is 59.1 Å². The van der Waals surface area contributed by atoms with E-state index in [2.05, 4.69) is 20.1 Å². The first-order valence-corrected chi connectivity index (χ1v) is 9.58. The van der Waals surface area contributed by atoms with Crippen LogP contribution in [-0.4, -0.2) is 48.5 Å². The number of imidazole rings is 1. The summed E-state index contributed by atoms with van der Waals surface area (Å²) in [6.45, 7) is 2.19. The first kappa shape index (κ1) is 19.5. The monoisotopic (exact) mass is 432 g/mol. The van der Waals surface area contributed by atoms with Crippen LogP contribution in [0.2, 0.25) is 0 Å². The Kier molecular flexibility index (Phi) is 4.24. The zero-order valence-electron chi connectivity index (χ0n) is 16.2. The molecule has 0 aliphatic carbocycles. The van der Waals surface area contributed by atoms with E-state index < -0.39 is 17.7 Å². The highest BCUT2D eigenvalue weighted by molar-refractivity contribution is 5.94. The molecule has 1 amide bonds. The van der Waals surface area contributed by atoms with Gasteiger partial charge in [-0.25, -0.2) is 18.9 Å². The Morgan fingerprint density at radius 3 is 2.77 bits per heavy atom. The normalized spacial score (nSPS) is 17.2. The molecule has 4 heterocycles. The van der Waals surface area contributed by atoms with E-state index in [0.717, 1.165) is 10.6 Å². The maximum Gasteiger partial charge on any atom is 0.433 e. The number of amides is 1. The number of hydrogen-bond donors (Lipinski definition) is 1. The van der Waals surface area contributed by atoms with Crippen molar-refractivity contribution in [3.8, 4) is 0 Å². The zero-order valence-corrected chi connectivity index (χ0v) is 16.2. The maximum absolute atomic E-state index is 13.4. The highest BCUT2D eigenvalue weighted by Crippen LogP contribution is 2.32. The number of aromatic nitrogens is 5. The summed E-state index contributed by atoms with van der Waals surface area (Å²) in [5.41, 5.74) is 0.817. The van der Waals surface area contributed by atoms with Gasteiger partial charge >= 0.3 is 6.18 Å². The summed E-state index contributed by atoms with van der Waals surface area (Å²) < 4.78 is 54.3.